The first-order valence-electron chi connectivity index (χ1n) is 8.87. The first-order valence-corrected chi connectivity index (χ1v) is 8.87. The molecule has 1 aromatic carbocycles. The van der Waals surface area contributed by atoms with E-state index in [1.54, 1.807) is 23.1 Å². The molecule has 2 aliphatic rings. The number of benzene rings is 1. The van der Waals surface area contributed by atoms with E-state index in [1.807, 2.05) is 24.5 Å². The molecule has 4 rings (SSSR count). The summed E-state index contributed by atoms with van der Waals surface area (Å²) in [5.74, 6) is 0.144. The zero-order valence-electron chi connectivity index (χ0n) is 14.1. The van der Waals surface area contributed by atoms with Gasteiger partial charge in [-0.3, -0.25) is 14.7 Å². The zero-order valence-corrected chi connectivity index (χ0v) is 14.1. The molecule has 0 radical (unpaired) electrons. The maximum atomic E-state index is 13.8. The largest absolute Gasteiger partial charge is 0.335 e. The Morgan fingerprint density at radius 1 is 1.16 bits per heavy atom. The van der Waals surface area contributed by atoms with Crippen LogP contribution in [-0.4, -0.2) is 46.4 Å². The van der Waals surface area contributed by atoms with Gasteiger partial charge in [0.2, 0.25) is 0 Å². The molecular formula is C20H22FN3O. The smallest absolute Gasteiger partial charge is 0.256 e. The number of pyridine rings is 1. The van der Waals surface area contributed by atoms with Gasteiger partial charge >= 0.3 is 0 Å². The molecule has 0 unspecified atom stereocenters. The Bertz CT molecular complexity index is 742. The molecule has 5 heteroatoms. The van der Waals surface area contributed by atoms with Gasteiger partial charge in [-0.15, -0.1) is 0 Å². The zero-order chi connectivity index (χ0) is 17.2. The lowest BCUT2D eigenvalue weighted by molar-refractivity contribution is 0.0216. The molecule has 1 aliphatic carbocycles. The quantitative estimate of drug-likeness (QED) is 0.812. The number of carbonyl (C=O) groups excluding carboxylic acids is 1. The fourth-order valence-corrected chi connectivity index (χ4v) is 3.35. The van der Waals surface area contributed by atoms with Gasteiger partial charge in [0.25, 0.3) is 5.91 Å². The summed E-state index contributed by atoms with van der Waals surface area (Å²) in [5, 5.41) is 0. The lowest BCUT2D eigenvalue weighted by atomic mass is 10.0. The highest BCUT2D eigenvalue weighted by molar-refractivity contribution is 5.95. The number of halogens is 1. The van der Waals surface area contributed by atoms with Crippen molar-refractivity contribution in [3.63, 3.8) is 0 Å². The van der Waals surface area contributed by atoms with Crippen LogP contribution in [0.2, 0.25) is 0 Å². The molecule has 0 bridgehead atoms. The normalized spacial score (nSPS) is 17.6. The van der Waals surface area contributed by atoms with Gasteiger partial charge in [-0.1, -0.05) is 12.1 Å². The number of carbonyl (C=O) groups is 1. The third kappa shape index (κ3) is 3.71. The van der Waals surface area contributed by atoms with Crippen LogP contribution < -0.4 is 0 Å². The fraction of sp³-hybridized carbons (Fsp3) is 0.400. The molecule has 2 heterocycles. The molecule has 1 aromatic heterocycles. The van der Waals surface area contributed by atoms with Crippen molar-refractivity contribution in [1.29, 1.82) is 0 Å². The van der Waals surface area contributed by atoms with E-state index < -0.39 is 5.82 Å². The molecule has 2 fully saturated rings. The second-order valence-electron chi connectivity index (χ2n) is 7.07. The van der Waals surface area contributed by atoms with E-state index in [0.717, 1.165) is 19.0 Å². The number of hydrogen-bond acceptors (Lipinski definition) is 3. The van der Waals surface area contributed by atoms with E-state index in [9.17, 15) is 9.18 Å². The maximum absolute atomic E-state index is 13.8. The molecule has 0 spiro atoms. The van der Waals surface area contributed by atoms with Gasteiger partial charge < -0.3 is 4.90 Å². The summed E-state index contributed by atoms with van der Waals surface area (Å²) in [5.41, 5.74) is 1.42. The van der Waals surface area contributed by atoms with Crippen LogP contribution in [0.4, 0.5) is 4.39 Å². The number of likely N-dealkylation sites (tertiary alicyclic amines) is 1. The van der Waals surface area contributed by atoms with Gasteiger partial charge in [0.1, 0.15) is 5.82 Å². The minimum absolute atomic E-state index is 0.170. The Kier molecular flexibility index (Phi) is 4.49. The summed E-state index contributed by atoms with van der Waals surface area (Å²) in [4.78, 5) is 20.8. The highest BCUT2D eigenvalue weighted by Crippen LogP contribution is 2.32. The van der Waals surface area contributed by atoms with Crippen molar-refractivity contribution in [3.8, 4) is 0 Å². The van der Waals surface area contributed by atoms with Crippen LogP contribution in [0.15, 0.2) is 48.8 Å². The lowest BCUT2D eigenvalue weighted by Crippen LogP contribution is -2.61. The van der Waals surface area contributed by atoms with E-state index in [1.165, 1.54) is 24.5 Å². The number of hydrogen-bond donors (Lipinski definition) is 0. The summed E-state index contributed by atoms with van der Waals surface area (Å²) < 4.78 is 13.8. The average molecular weight is 339 g/mol. The SMILES string of the molecule is O=C(c1ccccc1F)N1CC(N(Cc2ccncc2)CC2CC2)C1. The highest BCUT2D eigenvalue weighted by atomic mass is 19.1. The number of amides is 1. The van der Waals surface area contributed by atoms with Crippen molar-refractivity contribution in [2.75, 3.05) is 19.6 Å². The van der Waals surface area contributed by atoms with Gasteiger partial charge in [-0.2, -0.15) is 0 Å². The van der Waals surface area contributed by atoms with Crippen molar-refractivity contribution in [1.82, 2.24) is 14.8 Å². The van der Waals surface area contributed by atoms with E-state index in [-0.39, 0.29) is 11.5 Å². The predicted molar refractivity (Wildman–Crippen MR) is 93.5 cm³/mol. The third-order valence-electron chi connectivity index (χ3n) is 5.09. The van der Waals surface area contributed by atoms with E-state index in [0.29, 0.717) is 19.1 Å². The number of nitrogens with zero attached hydrogens (tertiary/aromatic N) is 3. The molecule has 2 aromatic rings. The summed E-state index contributed by atoms with van der Waals surface area (Å²) in [6, 6.07) is 10.6. The van der Waals surface area contributed by atoms with Gasteiger partial charge in [0, 0.05) is 44.6 Å². The molecule has 4 nitrogen and oxygen atoms in total. The van der Waals surface area contributed by atoms with E-state index in [4.69, 9.17) is 0 Å². The molecular weight excluding hydrogens is 317 g/mol. The summed E-state index contributed by atoms with van der Waals surface area (Å²) in [6.07, 6.45) is 6.24. The fourth-order valence-electron chi connectivity index (χ4n) is 3.35. The van der Waals surface area contributed by atoms with Crippen LogP contribution in [0, 0.1) is 11.7 Å². The topological polar surface area (TPSA) is 36.4 Å². The summed E-state index contributed by atoms with van der Waals surface area (Å²) >= 11 is 0. The lowest BCUT2D eigenvalue weighted by Gasteiger charge is -2.45. The second kappa shape index (κ2) is 6.92. The molecule has 25 heavy (non-hydrogen) atoms. The van der Waals surface area contributed by atoms with Crippen LogP contribution in [0.25, 0.3) is 0 Å². The van der Waals surface area contributed by atoms with Gasteiger partial charge in [0.15, 0.2) is 0 Å². The first kappa shape index (κ1) is 16.2. The average Bonchev–Trinajstić information content (AvgIpc) is 3.38. The van der Waals surface area contributed by atoms with Crippen LogP contribution in [-0.2, 0) is 6.54 Å². The number of rotatable bonds is 6. The first-order chi connectivity index (χ1) is 12.2. The van der Waals surface area contributed by atoms with Crippen molar-refractivity contribution < 1.29 is 9.18 Å². The van der Waals surface area contributed by atoms with Crippen LogP contribution in [0.3, 0.4) is 0 Å². The minimum atomic E-state index is -0.442. The molecule has 0 N–H and O–H groups in total. The maximum Gasteiger partial charge on any atom is 0.256 e. The second-order valence-corrected chi connectivity index (χ2v) is 7.07. The van der Waals surface area contributed by atoms with Gasteiger partial charge in [0.05, 0.1) is 5.56 Å². The van der Waals surface area contributed by atoms with Crippen molar-refractivity contribution in [2.24, 2.45) is 5.92 Å². The van der Waals surface area contributed by atoms with Crippen molar-refractivity contribution in [3.05, 3.63) is 65.7 Å². The highest BCUT2D eigenvalue weighted by Gasteiger charge is 2.37. The van der Waals surface area contributed by atoms with Gasteiger partial charge in [-0.05, 0) is 48.6 Å². The monoisotopic (exact) mass is 339 g/mol. The van der Waals surface area contributed by atoms with Crippen LogP contribution in [0.1, 0.15) is 28.8 Å². The summed E-state index contributed by atoms with van der Waals surface area (Å²) in [7, 11) is 0. The standard InChI is InChI=1S/C20H22FN3O/c21-19-4-2-1-3-18(19)20(25)24-13-17(14-24)23(11-15-5-6-15)12-16-7-9-22-10-8-16/h1-4,7-10,15,17H,5-6,11-14H2. The molecule has 1 saturated heterocycles. The van der Waals surface area contributed by atoms with E-state index in [2.05, 4.69) is 9.88 Å². The van der Waals surface area contributed by atoms with Crippen LogP contribution >= 0.6 is 0 Å². The van der Waals surface area contributed by atoms with E-state index >= 15 is 0 Å². The molecule has 1 saturated carbocycles. The van der Waals surface area contributed by atoms with Crippen molar-refractivity contribution >= 4 is 5.91 Å². The Morgan fingerprint density at radius 3 is 2.56 bits per heavy atom. The molecule has 0 atom stereocenters. The molecule has 130 valence electrons. The minimum Gasteiger partial charge on any atom is -0.335 e. The molecule has 1 amide bonds. The van der Waals surface area contributed by atoms with Crippen molar-refractivity contribution in [2.45, 2.75) is 25.4 Å². The van der Waals surface area contributed by atoms with Gasteiger partial charge in [-0.25, -0.2) is 4.39 Å². The Hall–Kier alpha value is -2.27. The Balaban J connectivity index is 1.39. The van der Waals surface area contributed by atoms with Crippen LogP contribution in [0.5, 0.6) is 0 Å². The Morgan fingerprint density at radius 2 is 1.88 bits per heavy atom. The molecule has 1 aliphatic heterocycles. The summed E-state index contributed by atoms with van der Waals surface area (Å²) in [6.45, 7) is 3.30. The Labute approximate surface area is 147 Å². The third-order valence-corrected chi connectivity index (χ3v) is 5.09. The number of aromatic nitrogens is 1. The predicted octanol–water partition coefficient (Wildman–Crippen LogP) is 2.96.